The van der Waals surface area contributed by atoms with Gasteiger partial charge in [-0.2, -0.15) is 26.3 Å². The standard InChI is InChI=1S/2CHF3O3S.Ru/c2*2-1(3,4)8(5,6)7;/h2*(H,5,6,7);/q;;+2/p-2. The molecule has 0 aromatic heterocycles. The first kappa shape index (κ1) is 22.2. The molecule has 0 unspecified atom stereocenters. The van der Waals surface area contributed by atoms with E-state index in [0.717, 1.165) is 0 Å². The van der Waals surface area contributed by atoms with Crippen molar-refractivity contribution in [3.8, 4) is 0 Å². The van der Waals surface area contributed by atoms with Crippen LogP contribution in [0.4, 0.5) is 26.3 Å². The summed E-state index contributed by atoms with van der Waals surface area (Å²) in [7, 11) is -12.2. The Labute approximate surface area is 103 Å². The molecule has 0 radical (unpaired) electrons. The summed E-state index contributed by atoms with van der Waals surface area (Å²) in [4.78, 5) is 0. The van der Waals surface area contributed by atoms with Gasteiger partial charge in [0.05, 0.1) is 0 Å². The van der Waals surface area contributed by atoms with Crippen LogP contribution >= 0.6 is 0 Å². The van der Waals surface area contributed by atoms with Gasteiger partial charge >= 0.3 is 30.5 Å². The Morgan fingerprint density at radius 2 is 0.706 bits per heavy atom. The van der Waals surface area contributed by atoms with Crippen molar-refractivity contribution in [2.24, 2.45) is 0 Å². The van der Waals surface area contributed by atoms with Crippen LogP contribution in [0.15, 0.2) is 0 Å². The molecule has 0 aliphatic carbocycles. The molecule has 106 valence electrons. The molecule has 0 fully saturated rings. The maximum absolute atomic E-state index is 10.7. The minimum Gasteiger partial charge on any atom is -0.741 e. The van der Waals surface area contributed by atoms with Crippen LogP contribution in [-0.4, -0.2) is 37.0 Å². The van der Waals surface area contributed by atoms with Crippen LogP contribution in [0, 0.1) is 0 Å². The molecule has 0 aliphatic heterocycles. The van der Waals surface area contributed by atoms with Crippen LogP contribution in [0.2, 0.25) is 0 Å². The minimum atomic E-state index is -6.09. The molecule has 0 aromatic carbocycles. The van der Waals surface area contributed by atoms with E-state index in [1.54, 1.807) is 0 Å². The number of rotatable bonds is 0. The van der Waals surface area contributed by atoms with E-state index in [1.807, 2.05) is 0 Å². The second-order valence-corrected chi connectivity index (χ2v) is 4.54. The van der Waals surface area contributed by atoms with Crippen LogP contribution in [0.25, 0.3) is 0 Å². The van der Waals surface area contributed by atoms with Crippen molar-refractivity contribution >= 4 is 20.2 Å². The average molecular weight is 399 g/mol. The fourth-order valence-electron chi connectivity index (χ4n) is 0. The summed E-state index contributed by atoms with van der Waals surface area (Å²) in [5.74, 6) is 0. The maximum atomic E-state index is 10.7. The zero-order chi connectivity index (χ0) is 14.0. The first-order valence-electron chi connectivity index (χ1n) is 2.54. The number of hydrogen-bond acceptors (Lipinski definition) is 6. The van der Waals surface area contributed by atoms with Gasteiger partial charge in [0.2, 0.25) is 0 Å². The summed E-state index contributed by atoms with van der Waals surface area (Å²) in [6.07, 6.45) is 0. The zero-order valence-electron chi connectivity index (χ0n) is 6.89. The Morgan fingerprint density at radius 1 is 0.647 bits per heavy atom. The van der Waals surface area contributed by atoms with E-state index in [1.165, 1.54) is 0 Å². The molecule has 0 spiro atoms. The van der Waals surface area contributed by atoms with Crippen LogP contribution < -0.4 is 0 Å². The summed E-state index contributed by atoms with van der Waals surface area (Å²) >= 11 is 0. The van der Waals surface area contributed by atoms with E-state index in [4.69, 9.17) is 25.9 Å². The average Bonchev–Trinajstić information content (AvgIpc) is 1.77. The molecule has 0 amide bonds. The number of halogens is 6. The maximum Gasteiger partial charge on any atom is 2.00 e. The van der Waals surface area contributed by atoms with Gasteiger partial charge in [-0.3, -0.25) is 0 Å². The Kier molecular flexibility index (Phi) is 8.19. The molecule has 0 atom stereocenters. The molecule has 0 aliphatic rings. The molecule has 0 saturated carbocycles. The molecule has 0 N–H and O–H groups in total. The SMILES string of the molecule is O=S(=O)([O-])C(F)(F)F.O=S(=O)([O-])C(F)(F)F.[Ru+2]. The van der Waals surface area contributed by atoms with E-state index in [-0.39, 0.29) is 19.5 Å². The van der Waals surface area contributed by atoms with Crippen molar-refractivity contribution in [3.63, 3.8) is 0 Å². The Balaban J connectivity index is -0.000000218. The third-order valence-electron chi connectivity index (χ3n) is 0.567. The third kappa shape index (κ3) is 9.70. The summed E-state index contributed by atoms with van der Waals surface area (Å²) < 4.78 is 118. The number of alkyl halides is 6. The van der Waals surface area contributed by atoms with E-state index in [0.29, 0.717) is 0 Å². The fraction of sp³-hybridized carbons (Fsp3) is 1.00. The topological polar surface area (TPSA) is 114 Å². The minimum absolute atomic E-state index is 0. The summed E-state index contributed by atoms with van der Waals surface area (Å²) in [6.45, 7) is 0. The first-order valence-corrected chi connectivity index (χ1v) is 5.36. The molecule has 0 saturated heterocycles. The zero-order valence-corrected chi connectivity index (χ0v) is 10.3. The van der Waals surface area contributed by atoms with Gasteiger partial charge in [0.15, 0.2) is 20.2 Å². The Morgan fingerprint density at radius 3 is 0.706 bits per heavy atom. The van der Waals surface area contributed by atoms with E-state index in [9.17, 15) is 26.3 Å². The van der Waals surface area contributed by atoms with Crippen molar-refractivity contribution < 1.29 is 71.8 Å². The molecule has 0 rings (SSSR count). The fourth-order valence-corrected chi connectivity index (χ4v) is 0. The first-order chi connectivity index (χ1) is 6.50. The van der Waals surface area contributed by atoms with Gasteiger partial charge in [-0.05, 0) is 0 Å². The summed E-state index contributed by atoms with van der Waals surface area (Å²) in [5, 5.41) is 0. The normalized spacial score (nSPS) is 13.2. The predicted molar refractivity (Wildman–Crippen MR) is 31.5 cm³/mol. The molecule has 0 heterocycles. The van der Waals surface area contributed by atoms with Gasteiger partial charge in [0, 0.05) is 0 Å². The van der Waals surface area contributed by atoms with Crippen molar-refractivity contribution in [2.75, 3.05) is 0 Å². The molecule has 15 heteroatoms. The Hall–Kier alpha value is 0.0234. The van der Waals surface area contributed by atoms with Crippen LogP contribution in [0.5, 0.6) is 0 Å². The van der Waals surface area contributed by atoms with Gasteiger partial charge in [-0.15, -0.1) is 0 Å². The van der Waals surface area contributed by atoms with Crippen molar-refractivity contribution in [3.05, 3.63) is 0 Å². The summed E-state index contributed by atoms with van der Waals surface area (Å²) in [5.41, 5.74) is -11.3. The Bertz CT molecular complexity index is 374. The van der Waals surface area contributed by atoms with Crippen molar-refractivity contribution in [1.29, 1.82) is 0 Å². The van der Waals surface area contributed by atoms with Gasteiger partial charge in [-0.1, -0.05) is 0 Å². The van der Waals surface area contributed by atoms with E-state index >= 15 is 0 Å². The number of hydrogen-bond donors (Lipinski definition) is 0. The second-order valence-electron chi connectivity index (χ2n) is 1.80. The van der Waals surface area contributed by atoms with Crippen LogP contribution in [-0.2, 0) is 39.7 Å². The predicted octanol–water partition coefficient (Wildman–Crippen LogP) is 0.100. The molecule has 0 bridgehead atoms. The molecule has 6 nitrogen and oxygen atoms in total. The van der Waals surface area contributed by atoms with Crippen LogP contribution in [0.3, 0.4) is 0 Å². The summed E-state index contributed by atoms with van der Waals surface area (Å²) in [6, 6.07) is 0. The quantitative estimate of drug-likeness (QED) is 0.247. The largest absolute Gasteiger partial charge is 2.00 e. The second kappa shape index (κ2) is 6.27. The molecule has 0 aromatic rings. The van der Waals surface area contributed by atoms with E-state index < -0.39 is 31.3 Å². The van der Waals surface area contributed by atoms with Crippen LogP contribution in [0.1, 0.15) is 0 Å². The van der Waals surface area contributed by atoms with E-state index in [2.05, 4.69) is 0 Å². The van der Waals surface area contributed by atoms with Gasteiger partial charge < -0.3 is 9.11 Å². The smallest absolute Gasteiger partial charge is 0.741 e. The van der Waals surface area contributed by atoms with Gasteiger partial charge in [0.25, 0.3) is 0 Å². The van der Waals surface area contributed by atoms with Crippen molar-refractivity contribution in [2.45, 2.75) is 11.0 Å². The monoisotopic (exact) mass is 400 g/mol. The van der Waals surface area contributed by atoms with Crippen molar-refractivity contribution in [1.82, 2.24) is 0 Å². The van der Waals surface area contributed by atoms with Gasteiger partial charge in [0.1, 0.15) is 0 Å². The molecular formula is C2F6O6RuS2. The third-order valence-corrected chi connectivity index (χ3v) is 1.70. The van der Waals surface area contributed by atoms with Gasteiger partial charge in [-0.25, -0.2) is 16.8 Å². The molecular weight excluding hydrogens is 399 g/mol. The molecule has 17 heavy (non-hydrogen) atoms.